The molecule has 1 aliphatic rings. The highest BCUT2D eigenvalue weighted by Crippen LogP contribution is 2.26. The van der Waals surface area contributed by atoms with Crippen LogP contribution in [-0.4, -0.2) is 31.2 Å². The number of hydrogen-bond donors (Lipinski definition) is 2. The first-order valence-electron chi connectivity index (χ1n) is 5.97. The van der Waals surface area contributed by atoms with Gasteiger partial charge in [0.15, 0.2) is 0 Å². The first-order valence-corrected chi connectivity index (χ1v) is 5.97. The molecular weight excluding hydrogens is 198 g/mol. The predicted molar refractivity (Wildman–Crippen MR) is 68.0 cm³/mol. The molecule has 1 aromatic carbocycles. The minimum atomic E-state index is 1.08. The van der Waals surface area contributed by atoms with E-state index in [1.165, 1.54) is 23.0 Å². The molecule has 0 spiro atoms. The van der Waals surface area contributed by atoms with Crippen molar-refractivity contribution >= 4 is 16.6 Å². The fourth-order valence-electron chi connectivity index (χ4n) is 2.40. The van der Waals surface area contributed by atoms with Gasteiger partial charge in [0.1, 0.15) is 0 Å². The number of aromatic nitrogens is 1. The van der Waals surface area contributed by atoms with Crippen LogP contribution in [0.2, 0.25) is 0 Å². The molecule has 1 aromatic heterocycles. The molecule has 16 heavy (non-hydrogen) atoms. The zero-order valence-electron chi connectivity index (χ0n) is 9.37. The average molecular weight is 215 g/mol. The molecule has 0 bridgehead atoms. The van der Waals surface area contributed by atoms with Crippen LogP contribution in [0.25, 0.3) is 10.9 Å². The van der Waals surface area contributed by atoms with E-state index in [2.05, 4.69) is 45.7 Å². The lowest BCUT2D eigenvalue weighted by Crippen LogP contribution is -2.27. The first-order chi connectivity index (χ1) is 7.95. The Morgan fingerprint density at radius 2 is 2.00 bits per heavy atom. The molecule has 1 saturated heterocycles. The lowest BCUT2D eigenvalue weighted by atomic mass is 10.2. The van der Waals surface area contributed by atoms with E-state index in [9.17, 15) is 0 Å². The van der Waals surface area contributed by atoms with Gasteiger partial charge in [-0.2, -0.15) is 0 Å². The van der Waals surface area contributed by atoms with Gasteiger partial charge < -0.3 is 15.2 Å². The second-order valence-corrected chi connectivity index (χ2v) is 4.31. The molecule has 0 atom stereocenters. The van der Waals surface area contributed by atoms with Crippen molar-refractivity contribution < 1.29 is 0 Å². The molecule has 0 saturated carbocycles. The number of hydrogen-bond acceptors (Lipinski definition) is 2. The minimum absolute atomic E-state index is 1.08. The van der Waals surface area contributed by atoms with Gasteiger partial charge in [-0.3, -0.25) is 0 Å². The smallest absolute Gasteiger partial charge is 0.0624 e. The van der Waals surface area contributed by atoms with E-state index in [0.717, 1.165) is 26.2 Å². The van der Waals surface area contributed by atoms with Gasteiger partial charge in [0.25, 0.3) is 0 Å². The van der Waals surface area contributed by atoms with Crippen molar-refractivity contribution in [3.8, 4) is 0 Å². The summed E-state index contributed by atoms with van der Waals surface area (Å²) >= 11 is 0. The molecule has 3 nitrogen and oxygen atoms in total. The molecule has 1 fully saturated rings. The topological polar surface area (TPSA) is 31.1 Å². The standard InChI is InChI=1S/C13H17N3/c1-2-5-12-11(4-1)13(10-15-12)16-8-3-6-14-7-9-16/h1-2,4-5,10,14-15H,3,6-9H2. The normalized spacial score (nSPS) is 17.6. The zero-order valence-corrected chi connectivity index (χ0v) is 9.37. The van der Waals surface area contributed by atoms with Crippen LogP contribution in [0.15, 0.2) is 30.5 Å². The van der Waals surface area contributed by atoms with Gasteiger partial charge in [0.2, 0.25) is 0 Å². The summed E-state index contributed by atoms with van der Waals surface area (Å²) in [7, 11) is 0. The third-order valence-corrected chi connectivity index (χ3v) is 3.25. The van der Waals surface area contributed by atoms with Crippen LogP contribution in [0.4, 0.5) is 5.69 Å². The van der Waals surface area contributed by atoms with Gasteiger partial charge >= 0.3 is 0 Å². The van der Waals surface area contributed by atoms with E-state index in [1.807, 2.05) is 0 Å². The summed E-state index contributed by atoms with van der Waals surface area (Å²) in [5, 5.41) is 4.77. The Morgan fingerprint density at radius 3 is 3.00 bits per heavy atom. The lowest BCUT2D eigenvalue weighted by Gasteiger charge is -2.21. The van der Waals surface area contributed by atoms with Gasteiger partial charge in [-0.05, 0) is 19.0 Å². The molecule has 2 heterocycles. The van der Waals surface area contributed by atoms with Crippen LogP contribution in [-0.2, 0) is 0 Å². The summed E-state index contributed by atoms with van der Waals surface area (Å²) in [6.07, 6.45) is 3.36. The molecular formula is C13H17N3. The summed E-state index contributed by atoms with van der Waals surface area (Å²) in [5.74, 6) is 0. The summed E-state index contributed by atoms with van der Waals surface area (Å²) in [4.78, 5) is 5.81. The zero-order chi connectivity index (χ0) is 10.8. The highest BCUT2D eigenvalue weighted by atomic mass is 15.2. The second kappa shape index (κ2) is 4.18. The van der Waals surface area contributed by atoms with E-state index in [4.69, 9.17) is 0 Å². The largest absolute Gasteiger partial charge is 0.368 e. The van der Waals surface area contributed by atoms with Crippen molar-refractivity contribution in [3.05, 3.63) is 30.5 Å². The van der Waals surface area contributed by atoms with Crippen LogP contribution in [0.1, 0.15) is 6.42 Å². The Labute approximate surface area is 95.5 Å². The van der Waals surface area contributed by atoms with Crippen molar-refractivity contribution in [1.82, 2.24) is 10.3 Å². The Bertz CT molecular complexity index is 467. The van der Waals surface area contributed by atoms with Crippen LogP contribution in [0, 0.1) is 0 Å². The van der Waals surface area contributed by atoms with Crippen LogP contribution < -0.4 is 10.2 Å². The van der Waals surface area contributed by atoms with Crippen LogP contribution in [0.3, 0.4) is 0 Å². The number of para-hydroxylation sites is 1. The van der Waals surface area contributed by atoms with Gasteiger partial charge in [-0.1, -0.05) is 18.2 Å². The highest BCUT2D eigenvalue weighted by molar-refractivity contribution is 5.92. The fourth-order valence-corrected chi connectivity index (χ4v) is 2.40. The van der Waals surface area contributed by atoms with Crippen molar-refractivity contribution in [2.75, 3.05) is 31.1 Å². The van der Waals surface area contributed by atoms with Gasteiger partial charge in [-0.25, -0.2) is 0 Å². The third kappa shape index (κ3) is 1.67. The highest BCUT2D eigenvalue weighted by Gasteiger charge is 2.12. The number of fused-ring (bicyclic) bond motifs is 1. The summed E-state index contributed by atoms with van der Waals surface area (Å²) < 4.78 is 0. The molecule has 3 heteroatoms. The molecule has 84 valence electrons. The van der Waals surface area contributed by atoms with Gasteiger partial charge in [0, 0.05) is 36.7 Å². The number of aromatic amines is 1. The Kier molecular flexibility index (Phi) is 2.54. The van der Waals surface area contributed by atoms with E-state index < -0.39 is 0 Å². The maximum absolute atomic E-state index is 3.44. The van der Waals surface area contributed by atoms with Crippen LogP contribution in [0.5, 0.6) is 0 Å². The number of nitrogens with one attached hydrogen (secondary N) is 2. The predicted octanol–water partition coefficient (Wildman–Crippen LogP) is 1.97. The maximum Gasteiger partial charge on any atom is 0.0624 e. The average Bonchev–Trinajstić information content (AvgIpc) is 2.57. The third-order valence-electron chi connectivity index (χ3n) is 3.25. The SMILES string of the molecule is c1ccc2c(N3CCCNCC3)c[nH]c2c1. The van der Waals surface area contributed by atoms with E-state index in [1.54, 1.807) is 0 Å². The van der Waals surface area contributed by atoms with Crippen molar-refractivity contribution in [3.63, 3.8) is 0 Å². The van der Waals surface area contributed by atoms with Crippen LogP contribution >= 0.6 is 0 Å². The number of H-pyrrole nitrogens is 1. The van der Waals surface area contributed by atoms with E-state index in [-0.39, 0.29) is 0 Å². The summed E-state index contributed by atoms with van der Waals surface area (Å²) in [6.45, 7) is 4.47. The number of nitrogens with zero attached hydrogens (tertiary/aromatic N) is 1. The minimum Gasteiger partial charge on any atom is -0.368 e. The number of rotatable bonds is 1. The Hall–Kier alpha value is -1.48. The summed E-state index contributed by atoms with van der Waals surface area (Å²) in [6, 6.07) is 8.51. The van der Waals surface area contributed by atoms with E-state index >= 15 is 0 Å². The molecule has 2 aromatic rings. The monoisotopic (exact) mass is 215 g/mol. The summed E-state index contributed by atoms with van der Waals surface area (Å²) in [5.41, 5.74) is 2.58. The van der Waals surface area contributed by atoms with Crippen molar-refractivity contribution in [2.24, 2.45) is 0 Å². The number of benzene rings is 1. The van der Waals surface area contributed by atoms with Crippen molar-refractivity contribution in [2.45, 2.75) is 6.42 Å². The molecule has 0 radical (unpaired) electrons. The molecule has 2 N–H and O–H groups in total. The van der Waals surface area contributed by atoms with E-state index in [0.29, 0.717) is 0 Å². The molecule has 0 aliphatic carbocycles. The fraction of sp³-hybridized carbons (Fsp3) is 0.385. The second-order valence-electron chi connectivity index (χ2n) is 4.31. The molecule has 0 amide bonds. The Morgan fingerprint density at radius 1 is 1.06 bits per heavy atom. The van der Waals surface area contributed by atoms with Crippen molar-refractivity contribution in [1.29, 1.82) is 0 Å². The quantitative estimate of drug-likeness (QED) is 0.762. The lowest BCUT2D eigenvalue weighted by molar-refractivity contribution is 0.724. The molecule has 0 unspecified atom stereocenters. The van der Waals surface area contributed by atoms with Gasteiger partial charge in [0.05, 0.1) is 5.69 Å². The number of anilines is 1. The Balaban J connectivity index is 1.97. The first kappa shape index (κ1) is 9.73. The van der Waals surface area contributed by atoms with Gasteiger partial charge in [-0.15, -0.1) is 0 Å². The maximum atomic E-state index is 3.44. The molecule has 3 rings (SSSR count). The molecule has 1 aliphatic heterocycles.